The van der Waals surface area contributed by atoms with E-state index in [1.807, 2.05) is 25.1 Å². The zero-order chi connectivity index (χ0) is 20.4. The topological polar surface area (TPSA) is 66.4 Å². The summed E-state index contributed by atoms with van der Waals surface area (Å²) in [5, 5.41) is 0. The minimum Gasteiger partial charge on any atom is -0.744 e. The van der Waals surface area contributed by atoms with Crippen LogP contribution in [0.3, 0.4) is 0 Å². The number of rotatable bonds is 5. The molecule has 0 bridgehead atoms. The van der Waals surface area contributed by atoms with Gasteiger partial charge in [-0.25, -0.2) is 8.42 Å². The number of hydrogen-bond acceptors (Lipinski definition) is 4. The third-order valence-electron chi connectivity index (χ3n) is 3.60. The molecule has 0 heterocycles. The normalized spacial score (nSPS) is 11.0. The molecule has 4 nitrogen and oxygen atoms in total. The van der Waals surface area contributed by atoms with E-state index < -0.39 is 10.1 Å². The molecule has 0 aliphatic carbocycles. The van der Waals surface area contributed by atoms with Gasteiger partial charge in [-0.05, 0) is 55.0 Å². The van der Waals surface area contributed by atoms with E-state index >= 15 is 0 Å². The van der Waals surface area contributed by atoms with Gasteiger partial charge in [-0.15, -0.1) is 0 Å². The van der Waals surface area contributed by atoms with Crippen LogP contribution in [-0.4, -0.2) is 20.1 Å². The van der Waals surface area contributed by atoms with Crippen molar-refractivity contribution in [3.8, 4) is 5.75 Å². The first kappa shape index (κ1) is 22.1. The minimum absolute atomic E-state index is 0.0533. The van der Waals surface area contributed by atoms with Gasteiger partial charge in [0.05, 0.1) is 12.0 Å². The van der Waals surface area contributed by atoms with Gasteiger partial charge in [0, 0.05) is 0 Å². The summed E-state index contributed by atoms with van der Waals surface area (Å²) in [5.74, 6) is 0.921. The van der Waals surface area contributed by atoms with Gasteiger partial charge in [0.2, 0.25) is 0 Å². The summed E-state index contributed by atoms with van der Waals surface area (Å²) in [6.45, 7) is 1.82. The van der Waals surface area contributed by atoms with Crippen molar-refractivity contribution in [2.75, 3.05) is 7.11 Å². The summed E-state index contributed by atoms with van der Waals surface area (Å²) in [4.78, 5) is -0.178. The van der Waals surface area contributed by atoms with Crippen LogP contribution >= 0.6 is 0 Å². The number of benzene rings is 3. The van der Waals surface area contributed by atoms with Crippen molar-refractivity contribution in [1.29, 1.82) is 0 Å². The lowest BCUT2D eigenvalue weighted by molar-refractivity contribution is -0.555. The fourth-order valence-corrected chi connectivity index (χ4v) is 4.34. The number of halogens is 1. The highest BCUT2D eigenvalue weighted by atomic mass is 127. The van der Waals surface area contributed by atoms with Crippen molar-refractivity contribution in [3.05, 3.63) is 97.6 Å². The molecule has 3 aromatic rings. The van der Waals surface area contributed by atoms with Gasteiger partial charge in [0.25, 0.3) is 0 Å². The van der Waals surface area contributed by atoms with Gasteiger partial charge >= 0.3 is 21.2 Å². The predicted molar refractivity (Wildman–Crippen MR) is 106 cm³/mol. The summed E-state index contributed by atoms with van der Waals surface area (Å²) in [7, 11) is -2.58. The molecule has 0 saturated heterocycles. The van der Waals surface area contributed by atoms with Gasteiger partial charge < -0.3 is 9.29 Å². The smallest absolute Gasteiger partial charge is 0.349 e. The Labute approximate surface area is 176 Å². The van der Waals surface area contributed by atoms with Crippen LogP contribution in [0, 0.1) is 10.5 Å². The van der Waals surface area contributed by atoms with Crippen LogP contribution in [0.1, 0.15) is 11.1 Å². The number of ether oxygens (including phenoxy) is 1. The van der Waals surface area contributed by atoms with E-state index in [4.69, 9.17) is 4.74 Å². The Morgan fingerprint density at radius 1 is 0.893 bits per heavy atom. The predicted octanol–water partition coefficient (Wildman–Crippen LogP) is 1.52. The average molecular weight is 508 g/mol. The largest absolute Gasteiger partial charge is 0.744 e. The van der Waals surface area contributed by atoms with Crippen molar-refractivity contribution in [1.82, 2.24) is 0 Å². The third-order valence-corrected chi connectivity index (χ3v) is 6.61. The summed E-state index contributed by atoms with van der Waals surface area (Å²) >= 11 is -0.0533. The summed E-state index contributed by atoms with van der Waals surface area (Å²) in [6.07, 6.45) is 2.19. The Bertz CT molecular complexity index is 981. The minimum atomic E-state index is -4.27. The maximum absolute atomic E-state index is 10.4. The van der Waals surface area contributed by atoms with Crippen LogP contribution in [0.2, 0.25) is 0 Å². The monoisotopic (exact) mass is 508 g/mol. The van der Waals surface area contributed by atoms with Crippen LogP contribution in [0.15, 0.2) is 87.8 Å². The molecule has 146 valence electrons. The van der Waals surface area contributed by atoms with E-state index in [1.165, 1.54) is 21.3 Å². The second kappa shape index (κ2) is 11.0. The van der Waals surface area contributed by atoms with Gasteiger partial charge in [0.15, 0.2) is 7.65 Å². The van der Waals surface area contributed by atoms with Gasteiger partial charge in [0.1, 0.15) is 15.9 Å². The molecular formula is C22H21IO4S. The Hall–Kier alpha value is -2.16. The number of hydrogen-bond donors (Lipinski definition) is 0. The molecule has 6 heteroatoms. The van der Waals surface area contributed by atoms with Crippen molar-refractivity contribution in [3.63, 3.8) is 0 Å². The van der Waals surface area contributed by atoms with Gasteiger partial charge in [-0.2, -0.15) is 0 Å². The highest BCUT2D eigenvalue weighted by molar-refractivity contribution is 7.85. The molecule has 0 N–H and O–H groups in total. The van der Waals surface area contributed by atoms with Crippen LogP contribution in [0.25, 0.3) is 6.08 Å². The highest BCUT2D eigenvalue weighted by Crippen LogP contribution is 2.08. The maximum Gasteiger partial charge on any atom is 0.349 e. The Morgan fingerprint density at radius 2 is 1.50 bits per heavy atom. The Kier molecular flexibility index (Phi) is 8.69. The van der Waals surface area contributed by atoms with Crippen molar-refractivity contribution in [2.45, 2.75) is 11.8 Å². The SMILES string of the molecule is COc1ccc([I+]C=Cc2ccccc2)cc1.Cc1ccc(S(=O)(=O)[O-])cc1. The third kappa shape index (κ3) is 7.84. The Balaban J connectivity index is 0.000000221. The van der Waals surface area contributed by atoms with Crippen LogP contribution < -0.4 is 25.9 Å². The van der Waals surface area contributed by atoms with Crippen LogP contribution in [0.4, 0.5) is 0 Å². The molecule has 0 spiro atoms. The molecule has 0 saturated carbocycles. The lowest BCUT2D eigenvalue weighted by Gasteiger charge is -2.05. The van der Waals surface area contributed by atoms with Crippen LogP contribution in [0.5, 0.6) is 5.75 Å². The summed E-state index contributed by atoms with van der Waals surface area (Å²) < 4.78 is 40.0. The van der Waals surface area contributed by atoms with Gasteiger partial charge in [-0.1, -0.05) is 48.0 Å². The first-order chi connectivity index (χ1) is 13.4. The molecule has 0 aliphatic rings. The molecule has 0 amide bonds. The second-order valence-electron chi connectivity index (χ2n) is 5.74. The van der Waals surface area contributed by atoms with Gasteiger partial charge in [-0.3, -0.25) is 0 Å². The standard InChI is InChI=1S/C15H14IO.C7H8O3S/c1-17-15-9-7-14(8-10-15)16-12-11-13-5-3-2-4-6-13;1-6-2-4-7(5-3-6)11(8,9)10/h2-12H,1H3;2-5H,1H3,(H,8,9,10)/q+1;/p-1. The van der Waals surface area contributed by atoms with E-state index in [-0.39, 0.29) is 26.1 Å². The van der Waals surface area contributed by atoms with E-state index in [2.05, 4.69) is 46.6 Å². The van der Waals surface area contributed by atoms with E-state index in [9.17, 15) is 13.0 Å². The molecule has 3 rings (SSSR count). The molecule has 0 unspecified atom stereocenters. The highest BCUT2D eigenvalue weighted by Gasteiger charge is 2.06. The van der Waals surface area contributed by atoms with Crippen molar-refractivity contribution in [2.24, 2.45) is 0 Å². The lowest BCUT2D eigenvalue weighted by atomic mass is 10.2. The average Bonchev–Trinajstić information content (AvgIpc) is 2.69. The molecule has 3 aromatic carbocycles. The fourth-order valence-electron chi connectivity index (χ4n) is 2.09. The zero-order valence-corrected chi connectivity index (χ0v) is 18.6. The number of methoxy groups -OCH3 is 1. The first-order valence-corrected chi connectivity index (χ1v) is 12.1. The van der Waals surface area contributed by atoms with Crippen LogP contribution in [-0.2, 0) is 10.1 Å². The maximum atomic E-state index is 10.4. The van der Waals surface area contributed by atoms with Crippen molar-refractivity contribution < 1.29 is 38.9 Å². The Morgan fingerprint density at radius 3 is 2.04 bits per heavy atom. The summed E-state index contributed by atoms with van der Waals surface area (Å²) in [6, 6.07) is 24.5. The van der Waals surface area contributed by atoms with E-state index in [0.29, 0.717) is 0 Å². The quantitative estimate of drug-likeness (QED) is 0.388. The molecule has 0 aliphatic heterocycles. The first-order valence-electron chi connectivity index (χ1n) is 8.40. The van der Waals surface area contributed by atoms with E-state index in [1.54, 1.807) is 19.2 Å². The second-order valence-corrected chi connectivity index (χ2v) is 9.70. The van der Waals surface area contributed by atoms with Crippen molar-refractivity contribution >= 4 is 16.2 Å². The molecule has 0 fully saturated rings. The fraction of sp³-hybridized carbons (Fsp3) is 0.0909. The van der Waals surface area contributed by atoms with E-state index in [0.717, 1.165) is 11.3 Å². The summed E-state index contributed by atoms with van der Waals surface area (Å²) in [5.41, 5.74) is 2.19. The molecule has 0 atom stereocenters. The molecule has 0 radical (unpaired) electrons. The number of aryl methyl sites for hydroxylation is 1. The molecule has 28 heavy (non-hydrogen) atoms. The molecular weight excluding hydrogens is 487 g/mol. The molecule has 0 aromatic heterocycles. The lowest BCUT2D eigenvalue weighted by Crippen LogP contribution is -3.59. The zero-order valence-electron chi connectivity index (χ0n) is 15.6.